The molecule has 0 radical (unpaired) electrons. The summed E-state index contributed by atoms with van der Waals surface area (Å²) in [7, 11) is 0. The summed E-state index contributed by atoms with van der Waals surface area (Å²) in [6.45, 7) is 1.93. The van der Waals surface area contributed by atoms with E-state index in [4.69, 9.17) is 4.98 Å². The fraction of sp³-hybridized carbons (Fsp3) is 0.316. The van der Waals surface area contributed by atoms with Crippen molar-refractivity contribution >= 4 is 39.9 Å². The third-order valence-electron chi connectivity index (χ3n) is 4.44. The van der Waals surface area contributed by atoms with Gasteiger partial charge in [-0.25, -0.2) is 9.97 Å². The molecular weight excluding hydrogens is 332 g/mol. The molecule has 0 bridgehead atoms. The van der Waals surface area contributed by atoms with Crippen LogP contribution in [0.2, 0.25) is 0 Å². The number of carbonyl (C=O) groups is 1. The maximum absolute atomic E-state index is 12.4. The zero-order chi connectivity index (χ0) is 17.1. The number of benzene rings is 1. The third kappa shape index (κ3) is 3.64. The van der Waals surface area contributed by atoms with Crippen molar-refractivity contribution in [1.82, 2.24) is 9.97 Å². The van der Waals surface area contributed by atoms with Gasteiger partial charge in [0, 0.05) is 19.5 Å². The average molecular weight is 352 g/mol. The molecule has 3 heterocycles. The highest BCUT2D eigenvalue weighted by Gasteiger charge is 2.20. The lowest BCUT2D eigenvalue weighted by Gasteiger charge is -2.20. The number of para-hydroxylation sites is 2. The molecule has 1 aromatic carbocycles. The van der Waals surface area contributed by atoms with Crippen molar-refractivity contribution < 1.29 is 4.79 Å². The quantitative estimate of drug-likeness (QED) is 0.757. The predicted molar refractivity (Wildman–Crippen MR) is 102 cm³/mol. The van der Waals surface area contributed by atoms with E-state index in [0.717, 1.165) is 49.2 Å². The van der Waals surface area contributed by atoms with Gasteiger partial charge >= 0.3 is 0 Å². The van der Waals surface area contributed by atoms with Crippen LogP contribution in [0, 0.1) is 0 Å². The second-order valence-corrected chi connectivity index (χ2v) is 7.04. The Morgan fingerprint density at radius 2 is 1.88 bits per heavy atom. The number of carbonyl (C=O) groups excluding carboxylic acids is 1. The van der Waals surface area contributed by atoms with Crippen molar-refractivity contribution in [3.05, 3.63) is 46.7 Å². The lowest BCUT2D eigenvalue weighted by atomic mass is 10.2. The summed E-state index contributed by atoms with van der Waals surface area (Å²) in [6.07, 6.45) is 3.50. The molecule has 1 aliphatic heterocycles. The number of fused-ring (bicyclic) bond motifs is 1. The zero-order valence-electron chi connectivity index (χ0n) is 13.9. The van der Waals surface area contributed by atoms with Gasteiger partial charge in [-0.1, -0.05) is 12.1 Å². The molecule has 0 aliphatic carbocycles. The van der Waals surface area contributed by atoms with Crippen molar-refractivity contribution in [2.45, 2.75) is 25.7 Å². The number of amides is 1. The van der Waals surface area contributed by atoms with Gasteiger partial charge in [0.15, 0.2) is 11.6 Å². The van der Waals surface area contributed by atoms with Crippen molar-refractivity contribution in [3.8, 4) is 0 Å². The summed E-state index contributed by atoms with van der Waals surface area (Å²) in [5.41, 5.74) is 2.86. The molecule has 1 fully saturated rings. The Morgan fingerprint density at radius 1 is 1.12 bits per heavy atom. The van der Waals surface area contributed by atoms with E-state index in [9.17, 15) is 4.79 Å². The maximum Gasteiger partial charge on any atom is 0.225 e. The molecule has 1 amide bonds. The Morgan fingerprint density at radius 3 is 2.60 bits per heavy atom. The summed E-state index contributed by atoms with van der Waals surface area (Å²) >= 11 is 1.66. The van der Waals surface area contributed by atoms with Crippen molar-refractivity contribution in [3.63, 3.8) is 0 Å². The highest BCUT2D eigenvalue weighted by Crippen LogP contribution is 2.28. The highest BCUT2D eigenvalue weighted by molar-refractivity contribution is 7.07. The third-order valence-corrected chi connectivity index (χ3v) is 5.17. The molecule has 0 spiro atoms. The molecule has 5 nitrogen and oxygen atoms in total. The van der Waals surface area contributed by atoms with Crippen molar-refractivity contribution in [2.75, 3.05) is 23.3 Å². The highest BCUT2D eigenvalue weighted by atomic mass is 32.1. The van der Waals surface area contributed by atoms with Crippen molar-refractivity contribution in [1.29, 1.82) is 0 Å². The van der Waals surface area contributed by atoms with Gasteiger partial charge in [0.1, 0.15) is 0 Å². The van der Waals surface area contributed by atoms with Gasteiger partial charge in [0.2, 0.25) is 5.91 Å². The number of anilines is 2. The topological polar surface area (TPSA) is 58.1 Å². The molecule has 2 aromatic heterocycles. The van der Waals surface area contributed by atoms with Crippen LogP contribution in [-0.2, 0) is 11.2 Å². The Hall–Kier alpha value is -2.47. The van der Waals surface area contributed by atoms with Crippen LogP contribution in [0.25, 0.3) is 11.0 Å². The Balaban J connectivity index is 1.57. The first-order valence-corrected chi connectivity index (χ1v) is 9.56. The monoisotopic (exact) mass is 352 g/mol. The number of aryl methyl sites for hydroxylation is 1. The van der Waals surface area contributed by atoms with Gasteiger partial charge in [-0.15, -0.1) is 0 Å². The molecule has 1 aliphatic rings. The molecule has 1 N–H and O–H groups in total. The molecule has 0 unspecified atom stereocenters. The minimum Gasteiger partial charge on any atom is -0.354 e. The van der Waals surface area contributed by atoms with Crippen LogP contribution in [0.1, 0.15) is 24.8 Å². The van der Waals surface area contributed by atoms with E-state index in [1.54, 1.807) is 11.3 Å². The molecule has 25 heavy (non-hydrogen) atoms. The lowest BCUT2D eigenvalue weighted by molar-refractivity contribution is -0.116. The number of hydrogen-bond donors (Lipinski definition) is 1. The first-order valence-electron chi connectivity index (χ1n) is 8.62. The largest absolute Gasteiger partial charge is 0.354 e. The van der Waals surface area contributed by atoms with Gasteiger partial charge in [-0.05, 0) is 53.8 Å². The summed E-state index contributed by atoms with van der Waals surface area (Å²) in [5.74, 6) is 1.35. The van der Waals surface area contributed by atoms with Gasteiger partial charge in [0.25, 0.3) is 0 Å². The fourth-order valence-electron chi connectivity index (χ4n) is 3.11. The smallest absolute Gasteiger partial charge is 0.225 e. The fourth-order valence-corrected chi connectivity index (χ4v) is 3.81. The summed E-state index contributed by atoms with van der Waals surface area (Å²) in [5, 5.41) is 7.11. The zero-order valence-corrected chi connectivity index (χ0v) is 14.8. The molecular formula is C19H20N4OS. The predicted octanol–water partition coefficient (Wildman–Crippen LogP) is 3.86. The standard InChI is InChI=1S/C19H20N4OS/c24-17(8-7-14-9-12-25-13-14)22-18-19(23-10-3-4-11-23)21-16-6-2-1-5-15(16)20-18/h1-2,5-6,9,12-13H,3-4,7-8,10-11H2,(H,20,22,24). The van der Waals surface area contributed by atoms with Gasteiger partial charge in [-0.3, -0.25) is 4.79 Å². The van der Waals surface area contributed by atoms with Crippen LogP contribution >= 0.6 is 11.3 Å². The Bertz CT molecular complexity index is 872. The Kier molecular flexibility index (Phi) is 4.61. The van der Waals surface area contributed by atoms with Gasteiger partial charge < -0.3 is 10.2 Å². The second kappa shape index (κ2) is 7.19. The van der Waals surface area contributed by atoms with E-state index < -0.39 is 0 Å². The molecule has 6 heteroatoms. The van der Waals surface area contributed by atoms with Crippen LogP contribution in [0.4, 0.5) is 11.6 Å². The molecule has 3 aromatic rings. The number of thiophene rings is 1. The van der Waals surface area contributed by atoms with Gasteiger partial charge in [0.05, 0.1) is 11.0 Å². The second-order valence-electron chi connectivity index (χ2n) is 6.26. The van der Waals surface area contributed by atoms with Crippen LogP contribution in [0.15, 0.2) is 41.1 Å². The van der Waals surface area contributed by atoms with E-state index in [1.165, 1.54) is 5.56 Å². The molecule has 4 rings (SSSR count). The molecule has 128 valence electrons. The average Bonchev–Trinajstić information content (AvgIpc) is 3.33. The number of rotatable bonds is 5. The normalized spacial score (nSPS) is 14.2. The molecule has 0 saturated carbocycles. The maximum atomic E-state index is 12.4. The van der Waals surface area contributed by atoms with Crippen LogP contribution < -0.4 is 10.2 Å². The number of aromatic nitrogens is 2. The van der Waals surface area contributed by atoms with Crippen molar-refractivity contribution in [2.24, 2.45) is 0 Å². The first-order chi connectivity index (χ1) is 12.3. The summed E-state index contributed by atoms with van der Waals surface area (Å²) in [6, 6.07) is 9.85. The van der Waals surface area contributed by atoms with E-state index in [2.05, 4.69) is 26.6 Å². The molecule has 0 atom stereocenters. The van der Waals surface area contributed by atoms with E-state index in [-0.39, 0.29) is 5.91 Å². The number of nitrogens with zero attached hydrogens (tertiary/aromatic N) is 3. The van der Waals surface area contributed by atoms with E-state index in [1.807, 2.05) is 29.6 Å². The molecule has 1 saturated heterocycles. The first kappa shape index (κ1) is 16.0. The van der Waals surface area contributed by atoms with Crippen LogP contribution in [0.3, 0.4) is 0 Å². The van der Waals surface area contributed by atoms with E-state index in [0.29, 0.717) is 12.2 Å². The number of nitrogens with one attached hydrogen (secondary N) is 1. The lowest BCUT2D eigenvalue weighted by Crippen LogP contribution is -2.23. The van der Waals surface area contributed by atoms with Gasteiger partial charge in [-0.2, -0.15) is 11.3 Å². The summed E-state index contributed by atoms with van der Waals surface area (Å²) < 4.78 is 0. The number of hydrogen-bond acceptors (Lipinski definition) is 5. The summed E-state index contributed by atoms with van der Waals surface area (Å²) in [4.78, 5) is 24.1. The SMILES string of the molecule is O=C(CCc1ccsc1)Nc1nc2ccccc2nc1N1CCCC1. The minimum absolute atomic E-state index is 0.0174. The Labute approximate surface area is 150 Å². The van der Waals surface area contributed by atoms with Crippen LogP contribution in [0.5, 0.6) is 0 Å². The minimum atomic E-state index is -0.0174. The van der Waals surface area contributed by atoms with Crippen LogP contribution in [-0.4, -0.2) is 29.0 Å². The van der Waals surface area contributed by atoms with E-state index >= 15 is 0 Å².